The van der Waals surface area contributed by atoms with Crippen molar-refractivity contribution >= 4 is 11.6 Å². The van der Waals surface area contributed by atoms with Crippen LogP contribution < -0.4 is 10.7 Å². The van der Waals surface area contributed by atoms with Crippen LogP contribution in [0.2, 0.25) is 0 Å². The summed E-state index contributed by atoms with van der Waals surface area (Å²) in [6, 6.07) is 10.1. The second kappa shape index (κ2) is 4.65. The highest BCUT2D eigenvalue weighted by molar-refractivity contribution is 6.02. The summed E-state index contributed by atoms with van der Waals surface area (Å²) >= 11 is 0. The van der Waals surface area contributed by atoms with Gasteiger partial charge in [-0.3, -0.25) is 9.59 Å². The van der Waals surface area contributed by atoms with Crippen molar-refractivity contribution in [3.63, 3.8) is 0 Å². The predicted molar refractivity (Wildman–Crippen MR) is 66.2 cm³/mol. The van der Waals surface area contributed by atoms with E-state index in [1.54, 1.807) is 0 Å². The van der Waals surface area contributed by atoms with Crippen molar-refractivity contribution in [2.75, 3.05) is 5.32 Å². The number of rotatable bonds is 2. The highest BCUT2D eigenvalue weighted by atomic mass is 16.2. The molecular formula is C13H12N2O2. The first-order chi connectivity index (χ1) is 8.15. The molecule has 1 aromatic heterocycles. The average Bonchev–Trinajstić information content (AvgIpc) is 2.32. The Kier molecular flexibility index (Phi) is 3.05. The number of anilines is 1. The van der Waals surface area contributed by atoms with Gasteiger partial charge in [0.25, 0.3) is 5.91 Å². The molecule has 2 N–H and O–H groups in total. The van der Waals surface area contributed by atoms with E-state index in [1.165, 1.54) is 18.3 Å². The normalized spacial score (nSPS) is 9.94. The van der Waals surface area contributed by atoms with Gasteiger partial charge in [-0.25, -0.2) is 0 Å². The van der Waals surface area contributed by atoms with Crippen LogP contribution in [0.25, 0.3) is 0 Å². The summed E-state index contributed by atoms with van der Waals surface area (Å²) in [6.45, 7) is 1.97. The molecule has 0 spiro atoms. The maximum absolute atomic E-state index is 11.8. The standard InChI is InChI=1S/C13H12N2O2/c1-9-2-4-10(5-3-9)15-13(17)12-8-11(16)6-7-14-12/h2-8H,1H3,(H,14,16)(H,15,17). The first-order valence-electron chi connectivity index (χ1n) is 5.22. The number of amides is 1. The lowest BCUT2D eigenvalue weighted by Gasteiger charge is -2.04. The molecule has 1 heterocycles. The molecule has 2 aromatic rings. The third kappa shape index (κ3) is 2.81. The predicted octanol–water partition coefficient (Wildman–Crippen LogP) is 1.94. The third-order valence-corrected chi connectivity index (χ3v) is 2.33. The summed E-state index contributed by atoms with van der Waals surface area (Å²) in [5.41, 5.74) is 1.87. The largest absolute Gasteiger partial charge is 0.357 e. The minimum atomic E-state index is -0.327. The minimum Gasteiger partial charge on any atom is -0.357 e. The van der Waals surface area contributed by atoms with E-state index in [4.69, 9.17) is 0 Å². The van der Waals surface area contributed by atoms with Crippen LogP contribution >= 0.6 is 0 Å². The first kappa shape index (κ1) is 11.1. The van der Waals surface area contributed by atoms with E-state index in [0.29, 0.717) is 5.69 Å². The molecule has 0 fully saturated rings. The zero-order valence-corrected chi connectivity index (χ0v) is 9.36. The Morgan fingerprint density at radius 3 is 2.53 bits per heavy atom. The molecule has 86 valence electrons. The molecule has 0 aliphatic heterocycles. The quantitative estimate of drug-likeness (QED) is 0.825. The van der Waals surface area contributed by atoms with Gasteiger partial charge < -0.3 is 10.3 Å². The summed E-state index contributed by atoms with van der Waals surface area (Å²) < 4.78 is 0. The Labute approximate surface area is 98.3 Å². The smallest absolute Gasteiger partial charge is 0.272 e. The van der Waals surface area contributed by atoms with Gasteiger partial charge in [0.05, 0.1) is 0 Å². The van der Waals surface area contributed by atoms with E-state index < -0.39 is 0 Å². The Morgan fingerprint density at radius 2 is 1.88 bits per heavy atom. The molecule has 1 amide bonds. The lowest BCUT2D eigenvalue weighted by molar-refractivity contribution is 0.102. The maximum Gasteiger partial charge on any atom is 0.272 e. The SMILES string of the molecule is Cc1ccc(NC(=O)c2cc(=O)cc[nH]2)cc1. The van der Waals surface area contributed by atoms with Crippen LogP contribution in [0.1, 0.15) is 16.1 Å². The summed E-state index contributed by atoms with van der Waals surface area (Å²) in [4.78, 5) is 25.6. The monoisotopic (exact) mass is 228 g/mol. The van der Waals surface area contributed by atoms with E-state index in [-0.39, 0.29) is 17.0 Å². The lowest BCUT2D eigenvalue weighted by atomic mass is 10.2. The van der Waals surface area contributed by atoms with E-state index in [9.17, 15) is 9.59 Å². The molecule has 0 bridgehead atoms. The second-order valence-corrected chi connectivity index (χ2v) is 3.76. The number of benzene rings is 1. The van der Waals surface area contributed by atoms with Gasteiger partial charge in [-0.1, -0.05) is 17.7 Å². The number of nitrogens with one attached hydrogen (secondary N) is 2. The average molecular weight is 228 g/mol. The number of H-pyrrole nitrogens is 1. The number of aryl methyl sites for hydroxylation is 1. The zero-order chi connectivity index (χ0) is 12.3. The second-order valence-electron chi connectivity index (χ2n) is 3.76. The van der Waals surface area contributed by atoms with Gasteiger partial charge in [0.15, 0.2) is 5.43 Å². The van der Waals surface area contributed by atoms with E-state index in [1.807, 2.05) is 31.2 Å². The number of pyridine rings is 1. The fourth-order valence-electron chi connectivity index (χ4n) is 1.41. The molecule has 0 aliphatic rings. The van der Waals surface area contributed by atoms with Crippen molar-refractivity contribution in [3.05, 3.63) is 64.1 Å². The Balaban J connectivity index is 2.17. The van der Waals surface area contributed by atoms with Gasteiger partial charge in [0.2, 0.25) is 0 Å². The van der Waals surface area contributed by atoms with Crippen molar-refractivity contribution in [2.45, 2.75) is 6.92 Å². The number of carbonyl (C=O) groups excluding carboxylic acids is 1. The lowest BCUT2D eigenvalue weighted by Crippen LogP contribution is -2.16. The molecule has 0 atom stereocenters. The summed E-state index contributed by atoms with van der Waals surface area (Å²) in [6.07, 6.45) is 1.45. The molecule has 1 aromatic carbocycles. The van der Waals surface area contributed by atoms with Crippen LogP contribution in [0.3, 0.4) is 0 Å². The van der Waals surface area contributed by atoms with Gasteiger partial charge in [-0.05, 0) is 19.1 Å². The Bertz CT molecular complexity index is 585. The summed E-state index contributed by atoms with van der Waals surface area (Å²) in [7, 11) is 0. The van der Waals surface area contributed by atoms with Gasteiger partial charge in [-0.2, -0.15) is 0 Å². The highest BCUT2D eigenvalue weighted by Crippen LogP contribution is 2.09. The minimum absolute atomic E-state index is 0.196. The summed E-state index contributed by atoms with van der Waals surface area (Å²) in [5, 5.41) is 2.70. The number of carbonyl (C=O) groups is 1. The molecule has 0 radical (unpaired) electrons. The van der Waals surface area contributed by atoms with Crippen LogP contribution in [-0.4, -0.2) is 10.9 Å². The fraction of sp³-hybridized carbons (Fsp3) is 0.0769. The van der Waals surface area contributed by atoms with Crippen molar-refractivity contribution in [3.8, 4) is 0 Å². The van der Waals surface area contributed by atoms with Gasteiger partial charge >= 0.3 is 0 Å². The molecule has 17 heavy (non-hydrogen) atoms. The third-order valence-electron chi connectivity index (χ3n) is 2.33. The molecule has 2 rings (SSSR count). The number of hydrogen-bond donors (Lipinski definition) is 2. The van der Waals surface area contributed by atoms with Crippen LogP contribution in [-0.2, 0) is 0 Å². The molecule has 0 saturated carbocycles. The van der Waals surface area contributed by atoms with Crippen molar-refractivity contribution in [2.24, 2.45) is 0 Å². The maximum atomic E-state index is 11.8. The Morgan fingerprint density at radius 1 is 1.18 bits per heavy atom. The van der Waals surface area contributed by atoms with Gasteiger partial charge in [0.1, 0.15) is 5.69 Å². The summed E-state index contributed by atoms with van der Waals surface area (Å²) in [5.74, 6) is -0.327. The molecule has 0 unspecified atom stereocenters. The van der Waals surface area contributed by atoms with Crippen molar-refractivity contribution in [1.82, 2.24) is 4.98 Å². The van der Waals surface area contributed by atoms with Crippen LogP contribution in [0, 0.1) is 6.92 Å². The van der Waals surface area contributed by atoms with Crippen LogP contribution in [0.5, 0.6) is 0 Å². The molecule has 4 heteroatoms. The number of hydrogen-bond acceptors (Lipinski definition) is 2. The van der Waals surface area contributed by atoms with E-state index in [0.717, 1.165) is 5.56 Å². The van der Waals surface area contributed by atoms with Gasteiger partial charge in [0, 0.05) is 24.0 Å². The Hall–Kier alpha value is -2.36. The molecule has 4 nitrogen and oxygen atoms in total. The molecule has 0 saturated heterocycles. The number of aromatic amines is 1. The van der Waals surface area contributed by atoms with E-state index >= 15 is 0 Å². The zero-order valence-electron chi connectivity index (χ0n) is 9.36. The fourth-order valence-corrected chi connectivity index (χ4v) is 1.41. The highest BCUT2D eigenvalue weighted by Gasteiger charge is 2.06. The number of aromatic nitrogens is 1. The first-order valence-corrected chi connectivity index (χ1v) is 5.22. The van der Waals surface area contributed by atoms with Gasteiger partial charge in [-0.15, -0.1) is 0 Å². The van der Waals surface area contributed by atoms with Crippen molar-refractivity contribution < 1.29 is 4.79 Å². The van der Waals surface area contributed by atoms with Crippen molar-refractivity contribution in [1.29, 1.82) is 0 Å². The topological polar surface area (TPSA) is 62.0 Å². The van der Waals surface area contributed by atoms with Crippen LogP contribution in [0.4, 0.5) is 5.69 Å². The molecule has 0 aliphatic carbocycles. The molecular weight excluding hydrogens is 216 g/mol. The van der Waals surface area contributed by atoms with E-state index in [2.05, 4.69) is 10.3 Å². The van der Waals surface area contributed by atoms with Crippen LogP contribution in [0.15, 0.2) is 47.4 Å².